The van der Waals surface area contributed by atoms with E-state index in [1.54, 1.807) is 6.92 Å². The van der Waals surface area contributed by atoms with E-state index in [0.29, 0.717) is 5.57 Å². The third kappa shape index (κ3) is 7.16. The minimum atomic E-state index is -0.444. The van der Waals surface area contributed by atoms with E-state index in [2.05, 4.69) is 11.9 Å². The van der Waals surface area contributed by atoms with E-state index in [4.69, 9.17) is 9.47 Å². The summed E-state index contributed by atoms with van der Waals surface area (Å²) in [4.78, 5) is 22.7. The molecule has 0 heterocycles. The summed E-state index contributed by atoms with van der Waals surface area (Å²) < 4.78 is 10.2. The summed E-state index contributed by atoms with van der Waals surface area (Å²) in [5.74, 6) is -0.444. The molecule has 0 bridgehead atoms. The zero-order valence-electron chi connectivity index (χ0n) is 12.3. The lowest BCUT2D eigenvalue weighted by Gasteiger charge is -2.20. The van der Waals surface area contributed by atoms with Crippen LogP contribution in [0.25, 0.3) is 0 Å². The van der Waals surface area contributed by atoms with E-state index in [1.165, 1.54) is 19.3 Å². The van der Waals surface area contributed by atoms with E-state index in [1.807, 2.05) is 0 Å². The van der Waals surface area contributed by atoms with Gasteiger partial charge in [-0.05, 0) is 32.6 Å². The second kappa shape index (κ2) is 9.39. The first-order chi connectivity index (χ1) is 9.59. The highest BCUT2D eigenvalue weighted by Crippen LogP contribution is 2.19. The molecule has 0 aromatic carbocycles. The Morgan fingerprint density at radius 1 is 1.15 bits per heavy atom. The molecule has 1 amide bonds. The second-order valence-electron chi connectivity index (χ2n) is 5.22. The first-order valence-corrected chi connectivity index (χ1v) is 7.36. The Labute approximate surface area is 120 Å². The summed E-state index contributed by atoms with van der Waals surface area (Å²) in [5.41, 5.74) is 0.349. The van der Waals surface area contributed by atoms with E-state index >= 15 is 0 Å². The van der Waals surface area contributed by atoms with Crippen molar-refractivity contribution in [1.82, 2.24) is 5.32 Å². The maximum absolute atomic E-state index is 11.6. The van der Waals surface area contributed by atoms with Crippen molar-refractivity contribution in [1.29, 1.82) is 0 Å². The molecule has 1 saturated carbocycles. The monoisotopic (exact) mass is 283 g/mol. The Balaban J connectivity index is 2.12. The zero-order chi connectivity index (χ0) is 14.8. The van der Waals surface area contributed by atoms with Crippen LogP contribution in [0.3, 0.4) is 0 Å². The minimum Gasteiger partial charge on any atom is -0.460 e. The zero-order valence-corrected chi connectivity index (χ0v) is 12.3. The van der Waals surface area contributed by atoms with Gasteiger partial charge in [-0.1, -0.05) is 25.8 Å². The van der Waals surface area contributed by atoms with Crippen LogP contribution in [0.2, 0.25) is 0 Å². The Morgan fingerprint density at radius 2 is 1.75 bits per heavy atom. The van der Waals surface area contributed by atoms with Crippen molar-refractivity contribution in [3.05, 3.63) is 12.2 Å². The lowest BCUT2D eigenvalue weighted by Crippen LogP contribution is -2.32. The van der Waals surface area contributed by atoms with Crippen molar-refractivity contribution in [2.24, 2.45) is 0 Å². The van der Waals surface area contributed by atoms with Gasteiger partial charge in [-0.2, -0.15) is 0 Å². The summed E-state index contributed by atoms with van der Waals surface area (Å²) in [7, 11) is 0. The van der Waals surface area contributed by atoms with Gasteiger partial charge in [-0.15, -0.1) is 0 Å². The van der Waals surface area contributed by atoms with Gasteiger partial charge in [0.05, 0.1) is 6.54 Å². The average molecular weight is 283 g/mol. The van der Waals surface area contributed by atoms with E-state index < -0.39 is 12.1 Å². The van der Waals surface area contributed by atoms with Crippen molar-refractivity contribution in [2.45, 2.75) is 58.0 Å². The molecular formula is C15H25NO4. The Kier molecular flexibility index (Phi) is 7.77. The average Bonchev–Trinajstić information content (AvgIpc) is 2.37. The number of hydrogen-bond acceptors (Lipinski definition) is 4. The molecule has 0 radical (unpaired) electrons. The number of rotatable bonds is 5. The van der Waals surface area contributed by atoms with Gasteiger partial charge in [0, 0.05) is 5.57 Å². The Morgan fingerprint density at radius 3 is 2.35 bits per heavy atom. The molecule has 0 spiro atoms. The highest BCUT2D eigenvalue weighted by atomic mass is 16.6. The van der Waals surface area contributed by atoms with E-state index in [0.717, 1.165) is 25.7 Å². The molecule has 1 fully saturated rings. The summed E-state index contributed by atoms with van der Waals surface area (Å²) in [6.45, 7) is 5.44. The van der Waals surface area contributed by atoms with Gasteiger partial charge >= 0.3 is 12.1 Å². The third-order valence-corrected chi connectivity index (χ3v) is 3.28. The van der Waals surface area contributed by atoms with Crippen LogP contribution in [0.1, 0.15) is 51.9 Å². The van der Waals surface area contributed by atoms with Gasteiger partial charge in [0.1, 0.15) is 12.7 Å². The van der Waals surface area contributed by atoms with E-state index in [9.17, 15) is 9.59 Å². The number of alkyl carbamates (subject to hydrolysis) is 1. The van der Waals surface area contributed by atoms with Gasteiger partial charge in [0.2, 0.25) is 0 Å². The molecule has 5 heteroatoms. The minimum absolute atomic E-state index is 0.0215. The first kappa shape index (κ1) is 16.5. The highest BCUT2D eigenvalue weighted by Gasteiger charge is 2.15. The third-order valence-electron chi connectivity index (χ3n) is 3.28. The second-order valence-corrected chi connectivity index (χ2v) is 5.22. The fraction of sp³-hybridized carbons (Fsp3) is 0.733. The standard InChI is InChI=1S/C15H25NO4/c1-12(2)14(17)19-11-10-16-15(18)20-13-8-6-4-3-5-7-9-13/h13H,1,3-11H2,2H3,(H,16,18). The topological polar surface area (TPSA) is 64.6 Å². The van der Waals surface area contributed by atoms with Gasteiger partial charge in [0.15, 0.2) is 0 Å². The molecule has 1 N–H and O–H groups in total. The van der Waals surface area contributed by atoms with Gasteiger partial charge < -0.3 is 14.8 Å². The number of nitrogens with one attached hydrogen (secondary N) is 1. The van der Waals surface area contributed by atoms with E-state index in [-0.39, 0.29) is 19.3 Å². The van der Waals surface area contributed by atoms with Crippen LogP contribution in [0, 0.1) is 0 Å². The van der Waals surface area contributed by atoms with Crippen molar-refractivity contribution in [2.75, 3.05) is 13.2 Å². The van der Waals surface area contributed by atoms with Gasteiger partial charge in [-0.3, -0.25) is 0 Å². The molecule has 0 saturated heterocycles. The number of hydrogen-bond donors (Lipinski definition) is 1. The maximum Gasteiger partial charge on any atom is 0.407 e. The molecule has 0 unspecified atom stereocenters. The van der Waals surface area contributed by atoms with Crippen molar-refractivity contribution in [3.63, 3.8) is 0 Å². The van der Waals surface area contributed by atoms with Crippen LogP contribution in [0.5, 0.6) is 0 Å². The normalized spacial score (nSPS) is 16.6. The van der Waals surface area contributed by atoms with Crippen LogP contribution in [-0.4, -0.2) is 31.3 Å². The smallest absolute Gasteiger partial charge is 0.407 e. The number of ether oxygens (including phenoxy) is 2. The molecule has 0 aliphatic heterocycles. The van der Waals surface area contributed by atoms with Crippen LogP contribution in [0.4, 0.5) is 4.79 Å². The van der Waals surface area contributed by atoms with Gasteiger partial charge in [0.25, 0.3) is 0 Å². The molecule has 0 atom stereocenters. The predicted octanol–water partition coefficient (Wildman–Crippen LogP) is 2.94. The highest BCUT2D eigenvalue weighted by molar-refractivity contribution is 5.86. The molecule has 20 heavy (non-hydrogen) atoms. The summed E-state index contributed by atoms with van der Waals surface area (Å²) in [5, 5.41) is 2.59. The van der Waals surface area contributed by atoms with Crippen LogP contribution in [0.15, 0.2) is 12.2 Å². The molecule has 0 aromatic heterocycles. The number of amides is 1. The largest absolute Gasteiger partial charge is 0.460 e. The molecule has 1 aliphatic rings. The number of carbonyl (C=O) groups is 2. The van der Waals surface area contributed by atoms with Gasteiger partial charge in [-0.25, -0.2) is 9.59 Å². The number of carbonyl (C=O) groups excluding carboxylic acids is 2. The lowest BCUT2D eigenvalue weighted by molar-refractivity contribution is -0.138. The van der Waals surface area contributed by atoms with Crippen LogP contribution in [-0.2, 0) is 14.3 Å². The lowest BCUT2D eigenvalue weighted by atomic mass is 9.99. The fourth-order valence-electron chi connectivity index (χ4n) is 2.15. The predicted molar refractivity (Wildman–Crippen MR) is 76.4 cm³/mol. The molecule has 0 aromatic rings. The molecular weight excluding hydrogens is 258 g/mol. The Bertz CT molecular complexity index is 333. The molecule has 1 aliphatic carbocycles. The van der Waals surface area contributed by atoms with Crippen LogP contribution < -0.4 is 5.32 Å². The summed E-state index contributed by atoms with van der Waals surface area (Å²) >= 11 is 0. The fourth-order valence-corrected chi connectivity index (χ4v) is 2.15. The first-order valence-electron chi connectivity index (χ1n) is 7.36. The van der Waals surface area contributed by atoms with Crippen molar-refractivity contribution >= 4 is 12.1 Å². The van der Waals surface area contributed by atoms with Crippen molar-refractivity contribution < 1.29 is 19.1 Å². The maximum atomic E-state index is 11.6. The summed E-state index contributed by atoms with van der Waals surface area (Å²) in [6, 6.07) is 0. The molecule has 1 rings (SSSR count). The SMILES string of the molecule is C=C(C)C(=O)OCCNC(=O)OC1CCCCCCC1. The Hall–Kier alpha value is -1.52. The van der Waals surface area contributed by atoms with Crippen LogP contribution >= 0.6 is 0 Å². The molecule has 114 valence electrons. The number of esters is 1. The quantitative estimate of drug-likeness (QED) is 0.478. The van der Waals surface area contributed by atoms with Crippen molar-refractivity contribution in [3.8, 4) is 0 Å². The summed E-state index contributed by atoms with van der Waals surface area (Å²) in [6.07, 6.45) is 7.44. The molecule has 5 nitrogen and oxygen atoms in total.